The number of hydrogen-bond acceptors (Lipinski definition) is 4. The van der Waals surface area contributed by atoms with Gasteiger partial charge in [-0.15, -0.1) is 0 Å². The Morgan fingerprint density at radius 3 is 1.95 bits per heavy atom. The molecule has 0 aliphatic carbocycles. The Balaban J connectivity index is 1.54. The Labute approximate surface area is 260 Å². The van der Waals surface area contributed by atoms with Crippen LogP contribution >= 0.6 is 0 Å². The Morgan fingerprint density at radius 1 is 0.795 bits per heavy atom. The molecule has 0 bridgehead atoms. The molecule has 0 heterocycles. The zero-order valence-electron chi connectivity index (χ0n) is 25.4. The van der Waals surface area contributed by atoms with Gasteiger partial charge in [0.2, 0.25) is 5.91 Å². The molecule has 0 aliphatic heterocycles. The van der Waals surface area contributed by atoms with Crippen LogP contribution in [0.4, 0.5) is 5.69 Å². The maximum atomic E-state index is 13.8. The van der Waals surface area contributed by atoms with Crippen LogP contribution in [-0.4, -0.2) is 37.1 Å². The first kappa shape index (κ1) is 32.6. The summed E-state index contributed by atoms with van der Waals surface area (Å²) in [5.74, 6) is -1.62. The minimum atomic E-state index is -4.16. The molecule has 230 valence electrons. The molecule has 44 heavy (non-hydrogen) atoms. The summed E-state index contributed by atoms with van der Waals surface area (Å²) in [7, 11) is -4.16. The van der Waals surface area contributed by atoms with Crippen LogP contribution in [0.2, 0.25) is 0 Å². The normalized spacial score (nSPS) is 12.4. The van der Waals surface area contributed by atoms with E-state index in [1.54, 1.807) is 24.3 Å². The Kier molecular flexibility index (Phi) is 10.7. The van der Waals surface area contributed by atoms with Crippen molar-refractivity contribution in [1.82, 2.24) is 5.32 Å². The highest BCUT2D eigenvalue weighted by Crippen LogP contribution is 2.33. The average molecular weight is 613 g/mol. The van der Waals surface area contributed by atoms with Crippen LogP contribution in [0.5, 0.6) is 0 Å². The highest BCUT2D eigenvalue weighted by atomic mass is 32.2. The number of nitrogens with one attached hydrogen (secondary N) is 2. The summed E-state index contributed by atoms with van der Waals surface area (Å²) in [4.78, 5) is 26.2. The summed E-state index contributed by atoms with van der Waals surface area (Å²) in [6.45, 7) is 6.44. The van der Waals surface area contributed by atoms with Gasteiger partial charge in [-0.3, -0.25) is 14.1 Å². The number of carbonyl (C=O) groups excluding carboxylic acids is 2. The number of amides is 2. The number of carbonyl (C=O) groups is 2. The Bertz CT molecular complexity index is 1650. The van der Waals surface area contributed by atoms with E-state index in [4.69, 9.17) is 4.55 Å². The summed E-state index contributed by atoms with van der Waals surface area (Å²) in [5, 5.41) is 5.59. The van der Waals surface area contributed by atoms with Gasteiger partial charge in [0.1, 0.15) is 0 Å². The highest BCUT2D eigenvalue weighted by molar-refractivity contribution is 7.85. The van der Waals surface area contributed by atoms with E-state index in [1.165, 1.54) is 5.56 Å². The lowest BCUT2D eigenvalue weighted by Gasteiger charge is -2.28. The predicted octanol–water partition coefficient (Wildman–Crippen LogP) is 7.01. The number of benzene rings is 4. The molecule has 0 fully saturated rings. The maximum absolute atomic E-state index is 13.8. The third kappa shape index (κ3) is 8.65. The fourth-order valence-electron chi connectivity index (χ4n) is 5.17. The first-order valence-electron chi connectivity index (χ1n) is 14.9. The van der Waals surface area contributed by atoms with Crippen LogP contribution in [0.3, 0.4) is 0 Å². The second-order valence-corrected chi connectivity index (χ2v) is 12.9. The molecule has 0 saturated heterocycles. The van der Waals surface area contributed by atoms with E-state index in [2.05, 4.69) is 43.5 Å². The fourth-order valence-corrected chi connectivity index (χ4v) is 5.53. The molecule has 1 atom stereocenters. The van der Waals surface area contributed by atoms with Gasteiger partial charge < -0.3 is 10.6 Å². The van der Waals surface area contributed by atoms with E-state index >= 15 is 0 Å². The predicted molar refractivity (Wildman–Crippen MR) is 177 cm³/mol. The first-order valence-corrected chi connectivity index (χ1v) is 16.5. The van der Waals surface area contributed by atoms with Crippen molar-refractivity contribution < 1.29 is 22.6 Å². The lowest BCUT2D eigenvalue weighted by Crippen LogP contribution is -2.28. The van der Waals surface area contributed by atoms with Crippen LogP contribution in [-0.2, 0) is 26.7 Å². The van der Waals surface area contributed by atoms with Gasteiger partial charge in [0.25, 0.3) is 16.0 Å². The molecular formula is C36H40N2O5S. The van der Waals surface area contributed by atoms with E-state index < -0.39 is 27.7 Å². The van der Waals surface area contributed by atoms with Crippen molar-refractivity contribution in [2.45, 2.75) is 51.4 Å². The Hall–Kier alpha value is -4.27. The fraction of sp³-hybridized carbons (Fsp3) is 0.278. The molecule has 4 rings (SSSR count). The van der Waals surface area contributed by atoms with Gasteiger partial charge in [-0.25, -0.2) is 0 Å². The van der Waals surface area contributed by atoms with Gasteiger partial charge in [0.05, 0.1) is 11.7 Å². The molecule has 1 unspecified atom stereocenters. The van der Waals surface area contributed by atoms with E-state index in [-0.39, 0.29) is 17.9 Å². The molecule has 2 amide bonds. The van der Waals surface area contributed by atoms with Gasteiger partial charge in [-0.05, 0) is 76.8 Å². The van der Waals surface area contributed by atoms with Crippen molar-refractivity contribution in [3.05, 3.63) is 125 Å². The molecule has 4 aromatic rings. The van der Waals surface area contributed by atoms with Crippen molar-refractivity contribution in [2.75, 3.05) is 17.6 Å². The van der Waals surface area contributed by atoms with Crippen molar-refractivity contribution in [3.63, 3.8) is 0 Å². The number of hydrogen-bond donors (Lipinski definition) is 3. The zero-order valence-corrected chi connectivity index (χ0v) is 26.2. The Morgan fingerprint density at radius 2 is 1.39 bits per heavy atom. The summed E-state index contributed by atoms with van der Waals surface area (Å²) in [6.07, 6.45) is 2.44. The average Bonchev–Trinajstić information content (AvgIpc) is 3.03. The standard InChI is InChI=1S/C36H40N2O5S/c1-4-36(3,5-2)31-19-15-29(16-20-31)33(25-26-11-13-30(14-12-26)34(39)37-23-24-44(41,42)43)35(40)38-32-21-17-28(18-22-32)27-9-7-6-8-10-27/h6-22,33H,4-5,23-25H2,1-3H3,(H,37,39)(H,38,40)(H,41,42,43). The second-order valence-electron chi connectivity index (χ2n) is 11.3. The van der Waals surface area contributed by atoms with Crippen LogP contribution in [0.25, 0.3) is 11.1 Å². The molecule has 0 saturated carbocycles. The summed E-state index contributed by atoms with van der Waals surface area (Å²) in [5.41, 5.74) is 6.30. The molecule has 4 aromatic carbocycles. The van der Waals surface area contributed by atoms with Crippen LogP contribution < -0.4 is 10.6 Å². The molecular weight excluding hydrogens is 572 g/mol. The van der Waals surface area contributed by atoms with Crippen molar-refractivity contribution in [3.8, 4) is 11.1 Å². The first-order chi connectivity index (χ1) is 21.0. The molecule has 0 aliphatic rings. The van der Waals surface area contributed by atoms with Crippen LogP contribution in [0.15, 0.2) is 103 Å². The molecule has 0 aromatic heterocycles. The molecule has 0 spiro atoms. The van der Waals surface area contributed by atoms with Crippen molar-refractivity contribution >= 4 is 27.6 Å². The lowest BCUT2D eigenvalue weighted by molar-refractivity contribution is -0.117. The van der Waals surface area contributed by atoms with Gasteiger partial charge in [0, 0.05) is 17.8 Å². The van der Waals surface area contributed by atoms with Crippen molar-refractivity contribution in [2.24, 2.45) is 0 Å². The van der Waals surface area contributed by atoms with E-state index in [0.717, 1.165) is 35.1 Å². The smallest absolute Gasteiger partial charge is 0.266 e. The van der Waals surface area contributed by atoms with Crippen LogP contribution in [0.1, 0.15) is 66.6 Å². The van der Waals surface area contributed by atoms with E-state index in [1.807, 2.05) is 66.7 Å². The summed E-state index contributed by atoms with van der Waals surface area (Å²) >= 11 is 0. The summed E-state index contributed by atoms with van der Waals surface area (Å²) in [6, 6.07) is 33.1. The van der Waals surface area contributed by atoms with Gasteiger partial charge in [0.15, 0.2) is 0 Å². The minimum Gasteiger partial charge on any atom is -0.351 e. The largest absolute Gasteiger partial charge is 0.351 e. The quantitative estimate of drug-likeness (QED) is 0.141. The molecule has 0 radical (unpaired) electrons. The van der Waals surface area contributed by atoms with Crippen LogP contribution in [0, 0.1) is 0 Å². The molecule has 7 nitrogen and oxygen atoms in total. The summed E-state index contributed by atoms with van der Waals surface area (Å²) < 4.78 is 30.7. The highest BCUT2D eigenvalue weighted by Gasteiger charge is 2.25. The number of anilines is 1. The van der Waals surface area contributed by atoms with Gasteiger partial charge in [-0.2, -0.15) is 8.42 Å². The minimum absolute atomic E-state index is 0.0640. The van der Waals surface area contributed by atoms with E-state index in [9.17, 15) is 18.0 Å². The lowest BCUT2D eigenvalue weighted by atomic mass is 9.77. The zero-order chi connectivity index (χ0) is 31.7. The topological polar surface area (TPSA) is 113 Å². The molecule has 8 heteroatoms. The third-order valence-electron chi connectivity index (χ3n) is 8.45. The molecule has 3 N–H and O–H groups in total. The van der Waals surface area contributed by atoms with Crippen molar-refractivity contribution in [1.29, 1.82) is 0 Å². The number of rotatable bonds is 13. The van der Waals surface area contributed by atoms with Gasteiger partial charge in [-0.1, -0.05) is 99.6 Å². The second kappa shape index (κ2) is 14.5. The third-order valence-corrected chi connectivity index (χ3v) is 9.17. The maximum Gasteiger partial charge on any atom is 0.266 e. The monoisotopic (exact) mass is 612 g/mol. The van der Waals surface area contributed by atoms with E-state index in [0.29, 0.717) is 17.7 Å². The SMILES string of the molecule is CCC(C)(CC)c1ccc(C(Cc2ccc(C(=O)NCCS(=O)(=O)O)cc2)C(=O)Nc2ccc(-c3ccccc3)cc2)cc1. The van der Waals surface area contributed by atoms with Gasteiger partial charge >= 0.3 is 0 Å².